The number of aliphatic imine (C=N–C) groups is 2. The molecule has 0 saturated carbocycles. The van der Waals surface area contributed by atoms with E-state index in [9.17, 15) is 0 Å². The van der Waals surface area contributed by atoms with E-state index in [-0.39, 0.29) is 0 Å². The number of hydrogen-bond donors (Lipinski definition) is 2. The van der Waals surface area contributed by atoms with Gasteiger partial charge in [-0.25, -0.2) is 9.98 Å². The van der Waals surface area contributed by atoms with Gasteiger partial charge in [0.1, 0.15) is 5.66 Å². The molecule has 7 heteroatoms. The summed E-state index contributed by atoms with van der Waals surface area (Å²) in [4.78, 5) is 11.6. The first-order chi connectivity index (χ1) is 13.3. The van der Waals surface area contributed by atoms with Crippen LogP contribution in [0.15, 0.2) is 28.2 Å². The molecule has 1 aromatic carbocycles. The summed E-state index contributed by atoms with van der Waals surface area (Å²) >= 11 is 12.1. The largest absolute Gasteiger partial charge is 0.346 e. The smallest absolute Gasteiger partial charge is 0.202 e. The third-order valence-electron chi connectivity index (χ3n) is 4.65. The lowest BCUT2D eigenvalue weighted by molar-refractivity contribution is 0.412. The van der Waals surface area contributed by atoms with Gasteiger partial charge in [0.05, 0.1) is 16.6 Å². The lowest BCUT2D eigenvalue weighted by Gasteiger charge is -2.34. The van der Waals surface area contributed by atoms with E-state index in [0.29, 0.717) is 16.6 Å². The van der Waals surface area contributed by atoms with Crippen molar-refractivity contribution in [1.29, 1.82) is 0 Å². The van der Waals surface area contributed by atoms with Crippen LogP contribution >= 0.6 is 23.2 Å². The fraction of sp³-hybridized carbons (Fsp3) is 0.619. The van der Waals surface area contributed by atoms with E-state index in [0.717, 1.165) is 24.0 Å². The second-order valence-corrected chi connectivity index (χ2v) is 8.66. The van der Waals surface area contributed by atoms with Crippen molar-refractivity contribution in [3.63, 3.8) is 0 Å². The maximum Gasteiger partial charge on any atom is 0.202 e. The molecule has 1 aliphatic rings. The van der Waals surface area contributed by atoms with Crippen LogP contribution in [0.2, 0.25) is 10.0 Å². The molecule has 0 atom stereocenters. The van der Waals surface area contributed by atoms with Gasteiger partial charge in [-0.15, -0.1) is 0 Å². The van der Waals surface area contributed by atoms with E-state index in [1.807, 2.05) is 26.0 Å². The van der Waals surface area contributed by atoms with E-state index >= 15 is 0 Å². The molecule has 28 heavy (non-hydrogen) atoms. The summed E-state index contributed by atoms with van der Waals surface area (Å²) < 4.78 is 0. The Bertz CT molecular complexity index is 700. The molecule has 2 rings (SSSR count). The zero-order valence-electron chi connectivity index (χ0n) is 17.5. The molecule has 0 aromatic heterocycles. The minimum atomic E-state index is -0.410. The monoisotopic (exact) mass is 425 g/mol. The predicted octanol–water partition coefficient (Wildman–Crippen LogP) is 5.43. The van der Waals surface area contributed by atoms with E-state index in [1.54, 1.807) is 6.07 Å². The number of nitrogens with zero attached hydrogens (tertiary/aromatic N) is 3. The third kappa shape index (κ3) is 7.51. The van der Waals surface area contributed by atoms with Crippen LogP contribution < -0.4 is 10.6 Å². The molecule has 1 aromatic rings. The molecule has 0 fully saturated rings. The highest BCUT2D eigenvalue weighted by Gasteiger charge is 2.26. The number of benzene rings is 1. The Morgan fingerprint density at radius 1 is 1.07 bits per heavy atom. The van der Waals surface area contributed by atoms with E-state index in [2.05, 4.69) is 34.5 Å². The van der Waals surface area contributed by atoms with Crippen LogP contribution in [-0.4, -0.2) is 36.1 Å². The summed E-state index contributed by atoms with van der Waals surface area (Å²) in [6.07, 6.45) is 7.70. The second-order valence-electron chi connectivity index (χ2n) is 7.85. The quantitative estimate of drug-likeness (QED) is 0.518. The van der Waals surface area contributed by atoms with E-state index in [1.165, 1.54) is 38.5 Å². The highest BCUT2D eigenvalue weighted by molar-refractivity contribution is 6.42. The van der Waals surface area contributed by atoms with Crippen molar-refractivity contribution in [3.8, 4) is 0 Å². The van der Waals surface area contributed by atoms with Crippen LogP contribution in [0.1, 0.15) is 64.9 Å². The van der Waals surface area contributed by atoms with Gasteiger partial charge >= 0.3 is 0 Å². The van der Waals surface area contributed by atoms with Crippen molar-refractivity contribution in [1.82, 2.24) is 15.5 Å². The van der Waals surface area contributed by atoms with Gasteiger partial charge in [-0.1, -0.05) is 68.3 Å². The topological polar surface area (TPSA) is 52.0 Å². The van der Waals surface area contributed by atoms with Crippen molar-refractivity contribution in [3.05, 3.63) is 33.8 Å². The molecule has 0 amide bonds. The molecule has 1 aliphatic heterocycles. The Morgan fingerprint density at radius 3 is 2.50 bits per heavy atom. The summed E-state index contributed by atoms with van der Waals surface area (Å²) in [5.41, 5.74) is 0.597. The molecule has 1 heterocycles. The Balaban J connectivity index is 1.92. The molecule has 0 aliphatic carbocycles. The van der Waals surface area contributed by atoms with Crippen molar-refractivity contribution in [2.45, 2.75) is 71.5 Å². The summed E-state index contributed by atoms with van der Waals surface area (Å²) in [6, 6.07) is 5.58. The number of nitrogens with one attached hydrogen (secondary N) is 2. The lowest BCUT2D eigenvalue weighted by atomic mass is 10.1. The highest BCUT2D eigenvalue weighted by Crippen LogP contribution is 2.23. The SMILES string of the molecule is CCCCCCCCN(C)C1=NC(C)(C)NC(=NCc2ccc(Cl)c(Cl)c2)N1. The van der Waals surface area contributed by atoms with Gasteiger partial charge in [-0.3, -0.25) is 5.32 Å². The van der Waals surface area contributed by atoms with E-state index < -0.39 is 5.66 Å². The van der Waals surface area contributed by atoms with Gasteiger partial charge in [-0.05, 0) is 38.0 Å². The molecule has 0 bridgehead atoms. The second kappa shape index (κ2) is 10.9. The fourth-order valence-corrected chi connectivity index (χ4v) is 3.37. The molecule has 5 nitrogen and oxygen atoms in total. The maximum absolute atomic E-state index is 6.10. The van der Waals surface area contributed by atoms with E-state index in [4.69, 9.17) is 28.2 Å². The molecular weight excluding hydrogens is 393 g/mol. The molecule has 0 saturated heterocycles. The normalized spacial score (nSPS) is 17.1. The third-order valence-corrected chi connectivity index (χ3v) is 5.39. The molecule has 0 spiro atoms. The Kier molecular flexibility index (Phi) is 8.90. The molecular formula is C21H33Cl2N5. The first-order valence-electron chi connectivity index (χ1n) is 10.2. The minimum absolute atomic E-state index is 0.410. The van der Waals surface area contributed by atoms with Gasteiger partial charge in [0.15, 0.2) is 5.96 Å². The van der Waals surface area contributed by atoms with Crippen LogP contribution in [0, 0.1) is 0 Å². The molecule has 0 unspecified atom stereocenters. The van der Waals surface area contributed by atoms with Crippen LogP contribution in [0.5, 0.6) is 0 Å². The zero-order chi connectivity index (χ0) is 20.6. The molecule has 2 N–H and O–H groups in total. The fourth-order valence-electron chi connectivity index (χ4n) is 3.05. The Hall–Kier alpha value is -1.46. The Labute approximate surface area is 179 Å². The van der Waals surface area contributed by atoms with Gasteiger partial charge in [0, 0.05) is 13.6 Å². The van der Waals surface area contributed by atoms with Crippen molar-refractivity contribution < 1.29 is 0 Å². The first-order valence-corrected chi connectivity index (χ1v) is 10.9. The Morgan fingerprint density at radius 2 is 1.79 bits per heavy atom. The number of hydrogen-bond acceptors (Lipinski definition) is 3. The summed E-state index contributed by atoms with van der Waals surface area (Å²) in [5, 5.41) is 7.75. The molecule has 156 valence electrons. The van der Waals surface area contributed by atoms with Crippen molar-refractivity contribution in [2.75, 3.05) is 13.6 Å². The van der Waals surface area contributed by atoms with Gasteiger partial charge < -0.3 is 10.2 Å². The highest BCUT2D eigenvalue weighted by atomic mass is 35.5. The van der Waals surface area contributed by atoms with Gasteiger partial charge in [-0.2, -0.15) is 0 Å². The van der Waals surface area contributed by atoms with Crippen molar-refractivity contribution in [2.24, 2.45) is 9.98 Å². The first kappa shape index (κ1) is 22.8. The predicted molar refractivity (Wildman–Crippen MR) is 121 cm³/mol. The van der Waals surface area contributed by atoms with Crippen LogP contribution in [0.4, 0.5) is 0 Å². The summed E-state index contributed by atoms with van der Waals surface area (Å²) in [7, 11) is 2.08. The standard InChI is InChI=1S/C21H33Cl2N5/c1-5-6-7-8-9-10-13-28(4)20-25-19(26-21(2,3)27-20)24-15-16-11-12-17(22)18(23)14-16/h11-12,14H,5-10,13,15H2,1-4H3,(H2,24,25,26,27). The van der Waals surface area contributed by atoms with Crippen LogP contribution in [-0.2, 0) is 6.54 Å². The number of unbranched alkanes of at least 4 members (excludes halogenated alkanes) is 5. The number of halogens is 2. The number of rotatable bonds is 9. The van der Waals surface area contributed by atoms with Crippen LogP contribution in [0.3, 0.4) is 0 Å². The summed E-state index contributed by atoms with van der Waals surface area (Å²) in [5.74, 6) is 1.57. The number of guanidine groups is 2. The molecule has 0 radical (unpaired) electrons. The van der Waals surface area contributed by atoms with Crippen LogP contribution in [0.25, 0.3) is 0 Å². The minimum Gasteiger partial charge on any atom is -0.346 e. The zero-order valence-corrected chi connectivity index (χ0v) is 19.0. The van der Waals surface area contributed by atoms with Crippen molar-refractivity contribution >= 4 is 35.1 Å². The average molecular weight is 426 g/mol. The lowest BCUT2D eigenvalue weighted by Crippen LogP contribution is -2.59. The summed E-state index contributed by atoms with van der Waals surface area (Å²) in [6.45, 7) is 7.82. The van der Waals surface area contributed by atoms with Gasteiger partial charge in [0.2, 0.25) is 5.96 Å². The average Bonchev–Trinajstić information content (AvgIpc) is 2.64. The van der Waals surface area contributed by atoms with Gasteiger partial charge in [0.25, 0.3) is 0 Å². The maximum atomic E-state index is 6.10.